The molecule has 1 atom stereocenters. The van der Waals surface area contributed by atoms with Crippen molar-refractivity contribution in [3.05, 3.63) is 35.4 Å². The minimum Gasteiger partial charge on any atom is -0.480 e. The highest BCUT2D eigenvalue weighted by molar-refractivity contribution is 5.99. The van der Waals surface area contributed by atoms with Crippen LogP contribution >= 0.6 is 0 Å². The third-order valence-corrected chi connectivity index (χ3v) is 3.04. The number of rotatable bonds is 6. The maximum atomic E-state index is 12.0. The standard InChI is InChI=1S/C14H18N2O4/c1-3-8-14(2,13(19)20)16-12(18)10-6-4-9(5-7-10)11(15)17/h4-7H,3,8H2,1-2H3,(H2,15,17)(H,16,18)(H,19,20). The Bertz CT molecular complexity index is 524. The molecule has 6 nitrogen and oxygen atoms in total. The molecule has 0 fully saturated rings. The molecule has 0 saturated carbocycles. The van der Waals surface area contributed by atoms with Gasteiger partial charge in [0, 0.05) is 11.1 Å². The van der Waals surface area contributed by atoms with E-state index < -0.39 is 23.3 Å². The number of hydrogen-bond donors (Lipinski definition) is 3. The fourth-order valence-corrected chi connectivity index (χ4v) is 1.83. The Morgan fingerprint density at radius 2 is 1.70 bits per heavy atom. The number of primary amides is 1. The zero-order valence-electron chi connectivity index (χ0n) is 11.5. The first kappa shape index (κ1) is 15.7. The van der Waals surface area contributed by atoms with Crippen molar-refractivity contribution in [1.82, 2.24) is 5.32 Å². The van der Waals surface area contributed by atoms with Crippen molar-refractivity contribution in [3.63, 3.8) is 0 Å². The molecule has 0 spiro atoms. The Labute approximate surface area is 117 Å². The van der Waals surface area contributed by atoms with E-state index in [9.17, 15) is 19.5 Å². The average molecular weight is 278 g/mol. The second-order valence-electron chi connectivity index (χ2n) is 4.78. The minimum atomic E-state index is -1.31. The Kier molecular flexibility index (Phi) is 4.85. The van der Waals surface area contributed by atoms with E-state index in [-0.39, 0.29) is 11.1 Å². The highest BCUT2D eigenvalue weighted by atomic mass is 16.4. The maximum Gasteiger partial charge on any atom is 0.329 e. The van der Waals surface area contributed by atoms with E-state index in [1.165, 1.54) is 31.2 Å². The summed E-state index contributed by atoms with van der Waals surface area (Å²) in [7, 11) is 0. The third kappa shape index (κ3) is 3.57. The van der Waals surface area contributed by atoms with Gasteiger partial charge in [-0.3, -0.25) is 9.59 Å². The van der Waals surface area contributed by atoms with E-state index in [0.29, 0.717) is 12.8 Å². The first-order valence-electron chi connectivity index (χ1n) is 6.26. The second kappa shape index (κ2) is 6.18. The lowest BCUT2D eigenvalue weighted by atomic mass is 9.95. The SMILES string of the molecule is CCCC(C)(NC(=O)c1ccc(C(N)=O)cc1)C(=O)O. The number of nitrogens with two attached hydrogens (primary N) is 1. The summed E-state index contributed by atoms with van der Waals surface area (Å²) >= 11 is 0. The van der Waals surface area contributed by atoms with E-state index in [2.05, 4.69) is 5.32 Å². The number of carbonyl (C=O) groups is 3. The maximum absolute atomic E-state index is 12.0. The molecule has 108 valence electrons. The zero-order valence-corrected chi connectivity index (χ0v) is 11.5. The van der Waals surface area contributed by atoms with Gasteiger partial charge in [0.15, 0.2) is 0 Å². The van der Waals surface area contributed by atoms with Crippen LogP contribution in [-0.4, -0.2) is 28.4 Å². The molecule has 20 heavy (non-hydrogen) atoms. The van der Waals surface area contributed by atoms with E-state index in [4.69, 9.17) is 5.73 Å². The molecule has 6 heteroatoms. The molecule has 0 aromatic heterocycles. The van der Waals surface area contributed by atoms with Crippen LogP contribution in [0.5, 0.6) is 0 Å². The molecule has 4 N–H and O–H groups in total. The lowest BCUT2D eigenvalue weighted by Gasteiger charge is -2.25. The normalized spacial score (nSPS) is 13.3. The van der Waals surface area contributed by atoms with Gasteiger partial charge in [0.25, 0.3) is 5.91 Å². The molecule has 1 aromatic carbocycles. The largest absolute Gasteiger partial charge is 0.480 e. The lowest BCUT2D eigenvalue weighted by Crippen LogP contribution is -2.52. The van der Waals surface area contributed by atoms with Gasteiger partial charge in [-0.1, -0.05) is 13.3 Å². The number of amides is 2. The Hall–Kier alpha value is -2.37. The number of nitrogens with one attached hydrogen (secondary N) is 1. The molecular formula is C14H18N2O4. The van der Waals surface area contributed by atoms with Crippen LogP contribution in [0.1, 0.15) is 47.4 Å². The van der Waals surface area contributed by atoms with Crippen LogP contribution < -0.4 is 11.1 Å². The van der Waals surface area contributed by atoms with Gasteiger partial charge in [0.1, 0.15) is 5.54 Å². The number of carboxylic acid groups (broad SMARTS) is 1. The number of hydrogen-bond acceptors (Lipinski definition) is 3. The van der Waals surface area contributed by atoms with E-state index in [1.54, 1.807) is 0 Å². The summed E-state index contributed by atoms with van der Waals surface area (Å²) in [4.78, 5) is 34.2. The van der Waals surface area contributed by atoms with E-state index in [1.807, 2.05) is 6.92 Å². The summed E-state index contributed by atoms with van der Waals surface area (Å²) in [6.45, 7) is 3.31. The molecular weight excluding hydrogens is 260 g/mol. The number of aliphatic carboxylic acids is 1. The van der Waals surface area contributed by atoms with Gasteiger partial charge < -0.3 is 16.2 Å². The van der Waals surface area contributed by atoms with Crippen molar-refractivity contribution in [2.24, 2.45) is 5.73 Å². The first-order valence-corrected chi connectivity index (χ1v) is 6.26. The molecule has 2 amide bonds. The summed E-state index contributed by atoms with van der Waals surface area (Å²) in [6, 6.07) is 5.72. The quantitative estimate of drug-likeness (QED) is 0.725. The Morgan fingerprint density at radius 1 is 1.20 bits per heavy atom. The van der Waals surface area contributed by atoms with Crippen LogP contribution in [0.3, 0.4) is 0 Å². The van der Waals surface area contributed by atoms with Crippen LogP contribution in [0.4, 0.5) is 0 Å². The van der Waals surface area contributed by atoms with Crippen molar-refractivity contribution in [3.8, 4) is 0 Å². The van der Waals surface area contributed by atoms with Crippen molar-refractivity contribution in [2.75, 3.05) is 0 Å². The van der Waals surface area contributed by atoms with Gasteiger partial charge in [-0.25, -0.2) is 4.79 Å². The summed E-state index contributed by atoms with van der Waals surface area (Å²) in [6.07, 6.45) is 0.955. The number of benzene rings is 1. The minimum absolute atomic E-state index is 0.276. The predicted molar refractivity (Wildman–Crippen MR) is 73.4 cm³/mol. The van der Waals surface area contributed by atoms with Gasteiger partial charge in [-0.2, -0.15) is 0 Å². The molecule has 0 heterocycles. The Morgan fingerprint density at radius 3 is 2.10 bits per heavy atom. The van der Waals surface area contributed by atoms with Crippen LogP contribution in [0.15, 0.2) is 24.3 Å². The molecule has 1 unspecified atom stereocenters. The highest BCUT2D eigenvalue weighted by Crippen LogP contribution is 2.14. The van der Waals surface area contributed by atoms with Gasteiger partial charge in [0.2, 0.25) is 5.91 Å². The number of carboxylic acids is 1. The molecule has 1 aromatic rings. The topological polar surface area (TPSA) is 109 Å². The first-order chi connectivity index (χ1) is 9.30. The summed E-state index contributed by atoms with van der Waals surface area (Å²) in [5.74, 6) is -2.17. The van der Waals surface area contributed by atoms with Gasteiger partial charge >= 0.3 is 5.97 Å². The van der Waals surface area contributed by atoms with Crippen molar-refractivity contribution in [1.29, 1.82) is 0 Å². The molecule has 0 aliphatic heterocycles. The van der Waals surface area contributed by atoms with E-state index in [0.717, 1.165) is 0 Å². The Balaban J connectivity index is 2.89. The highest BCUT2D eigenvalue weighted by Gasteiger charge is 2.33. The predicted octanol–water partition coefficient (Wildman–Crippen LogP) is 1.16. The third-order valence-electron chi connectivity index (χ3n) is 3.04. The molecule has 0 aliphatic carbocycles. The van der Waals surface area contributed by atoms with Crippen molar-refractivity contribution >= 4 is 17.8 Å². The lowest BCUT2D eigenvalue weighted by molar-refractivity contribution is -0.144. The molecule has 0 aliphatic rings. The van der Waals surface area contributed by atoms with Crippen LogP contribution in [0, 0.1) is 0 Å². The molecule has 0 bridgehead atoms. The second-order valence-corrected chi connectivity index (χ2v) is 4.78. The van der Waals surface area contributed by atoms with Crippen LogP contribution in [-0.2, 0) is 4.79 Å². The number of carbonyl (C=O) groups excluding carboxylic acids is 2. The van der Waals surface area contributed by atoms with Gasteiger partial charge in [0.05, 0.1) is 0 Å². The molecule has 1 rings (SSSR count). The van der Waals surface area contributed by atoms with Gasteiger partial charge in [-0.15, -0.1) is 0 Å². The van der Waals surface area contributed by atoms with Crippen LogP contribution in [0.2, 0.25) is 0 Å². The monoisotopic (exact) mass is 278 g/mol. The van der Waals surface area contributed by atoms with Crippen LogP contribution in [0.25, 0.3) is 0 Å². The van der Waals surface area contributed by atoms with Crippen molar-refractivity contribution in [2.45, 2.75) is 32.2 Å². The van der Waals surface area contributed by atoms with E-state index >= 15 is 0 Å². The van der Waals surface area contributed by atoms with Gasteiger partial charge in [-0.05, 0) is 37.6 Å². The fourth-order valence-electron chi connectivity index (χ4n) is 1.83. The summed E-state index contributed by atoms with van der Waals surface area (Å²) in [5.41, 5.74) is 4.36. The molecule has 0 radical (unpaired) electrons. The molecule has 0 saturated heterocycles. The smallest absolute Gasteiger partial charge is 0.329 e. The summed E-state index contributed by atoms with van der Waals surface area (Å²) < 4.78 is 0. The average Bonchev–Trinajstić information content (AvgIpc) is 2.38. The summed E-state index contributed by atoms with van der Waals surface area (Å²) in [5, 5.41) is 11.7. The zero-order chi connectivity index (χ0) is 15.3. The van der Waals surface area contributed by atoms with Crippen molar-refractivity contribution < 1.29 is 19.5 Å². The fraction of sp³-hybridized carbons (Fsp3) is 0.357.